The second kappa shape index (κ2) is 9.19. The molecule has 2 aliphatic heterocycles. The monoisotopic (exact) mass is 473 g/mol. The molecule has 0 spiro atoms. The second-order valence-electron chi connectivity index (χ2n) is 9.88. The Kier molecular flexibility index (Phi) is 6.06. The summed E-state index contributed by atoms with van der Waals surface area (Å²) in [5, 5.41) is 10.4. The molecule has 0 unspecified atom stereocenters. The van der Waals surface area contributed by atoms with Crippen molar-refractivity contribution in [2.45, 2.75) is 38.8 Å². The molecule has 1 aromatic heterocycles. The van der Waals surface area contributed by atoms with Gasteiger partial charge in [0.25, 0.3) is 5.91 Å². The maximum Gasteiger partial charge on any atom is 0.257 e. The Hall–Kier alpha value is -3.65. The largest absolute Gasteiger partial charge is 0.457 e. The van der Waals surface area contributed by atoms with Gasteiger partial charge in [0.05, 0.1) is 17.8 Å². The number of hydrogen-bond donors (Lipinski definition) is 2. The van der Waals surface area contributed by atoms with Gasteiger partial charge in [-0.1, -0.05) is 24.3 Å². The summed E-state index contributed by atoms with van der Waals surface area (Å²) in [6.45, 7) is 6.36. The van der Waals surface area contributed by atoms with E-state index in [0.717, 1.165) is 37.2 Å². The minimum atomic E-state index is -0.519. The van der Waals surface area contributed by atoms with Crippen molar-refractivity contribution >= 4 is 17.6 Å². The van der Waals surface area contributed by atoms with Gasteiger partial charge in [-0.2, -0.15) is 5.10 Å². The zero-order chi connectivity index (χ0) is 24.6. The van der Waals surface area contributed by atoms with E-state index in [1.165, 1.54) is 0 Å². The Morgan fingerprint density at radius 1 is 1.06 bits per heavy atom. The zero-order valence-corrected chi connectivity index (χ0v) is 20.4. The van der Waals surface area contributed by atoms with E-state index in [0.29, 0.717) is 29.4 Å². The number of benzene rings is 2. The summed E-state index contributed by atoms with van der Waals surface area (Å²) in [4.78, 5) is 30.7. The van der Waals surface area contributed by atoms with E-state index < -0.39 is 5.54 Å². The smallest absolute Gasteiger partial charge is 0.257 e. The number of fused-ring (bicyclic) bond motifs is 1. The number of aromatic nitrogens is 2. The number of amides is 2. The predicted octanol–water partition coefficient (Wildman–Crippen LogP) is 4.37. The van der Waals surface area contributed by atoms with E-state index in [-0.39, 0.29) is 17.7 Å². The lowest BCUT2D eigenvalue weighted by atomic mass is 9.93. The summed E-state index contributed by atoms with van der Waals surface area (Å²) >= 11 is 0. The van der Waals surface area contributed by atoms with Crippen LogP contribution in [-0.4, -0.2) is 51.9 Å². The van der Waals surface area contributed by atoms with Crippen LogP contribution < -0.4 is 10.1 Å². The molecule has 182 valence electrons. The van der Waals surface area contributed by atoms with Gasteiger partial charge in [0.1, 0.15) is 11.5 Å². The van der Waals surface area contributed by atoms with Crippen LogP contribution in [0.25, 0.3) is 0 Å². The molecule has 5 rings (SSSR count). The van der Waals surface area contributed by atoms with E-state index in [2.05, 4.69) is 27.5 Å². The molecular formula is C27H31N5O3. The number of para-hydroxylation sites is 1. The molecule has 2 aromatic carbocycles. The van der Waals surface area contributed by atoms with Gasteiger partial charge in [-0.3, -0.25) is 14.7 Å². The number of likely N-dealkylation sites (tertiary alicyclic amines) is 1. The van der Waals surface area contributed by atoms with Crippen LogP contribution in [0.15, 0.2) is 54.6 Å². The first kappa shape index (κ1) is 23.1. The first-order valence-electron chi connectivity index (χ1n) is 12.0. The lowest BCUT2D eigenvalue weighted by Crippen LogP contribution is -2.46. The van der Waals surface area contributed by atoms with E-state index in [1.807, 2.05) is 55.1 Å². The topological polar surface area (TPSA) is 90.6 Å². The third kappa shape index (κ3) is 4.53. The first-order valence-corrected chi connectivity index (χ1v) is 12.0. The van der Waals surface area contributed by atoms with Gasteiger partial charge < -0.3 is 19.9 Å². The number of nitrogens with zero attached hydrogens (tertiary/aromatic N) is 3. The van der Waals surface area contributed by atoms with Gasteiger partial charge in [-0.15, -0.1) is 0 Å². The van der Waals surface area contributed by atoms with Crippen molar-refractivity contribution in [3.05, 3.63) is 71.4 Å². The first-order chi connectivity index (χ1) is 16.8. The maximum atomic E-state index is 13.4. The van der Waals surface area contributed by atoms with Gasteiger partial charge in [0.2, 0.25) is 5.91 Å². The van der Waals surface area contributed by atoms with Crippen molar-refractivity contribution in [3.8, 4) is 11.5 Å². The SMILES string of the molecule is CN1CCC(C(=O)N2Cc3c(NC(=O)c4cccc(Oc5ccccc5)c4)n[nH]c3C2(C)C)CC1. The van der Waals surface area contributed by atoms with Gasteiger partial charge in [0.15, 0.2) is 5.82 Å². The number of H-pyrrole nitrogens is 1. The molecule has 0 atom stereocenters. The highest BCUT2D eigenvalue weighted by Crippen LogP contribution is 2.42. The lowest BCUT2D eigenvalue weighted by molar-refractivity contribution is -0.142. The van der Waals surface area contributed by atoms with Crippen LogP contribution in [0.5, 0.6) is 11.5 Å². The Balaban J connectivity index is 1.30. The van der Waals surface area contributed by atoms with Crippen LogP contribution in [-0.2, 0) is 16.9 Å². The summed E-state index contributed by atoms with van der Waals surface area (Å²) in [6.07, 6.45) is 1.75. The molecule has 0 aliphatic carbocycles. The van der Waals surface area contributed by atoms with Crippen molar-refractivity contribution in [1.29, 1.82) is 0 Å². The van der Waals surface area contributed by atoms with Crippen LogP contribution in [0.3, 0.4) is 0 Å². The maximum absolute atomic E-state index is 13.4. The average Bonchev–Trinajstić information content (AvgIpc) is 3.37. The van der Waals surface area contributed by atoms with Gasteiger partial charge in [-0.25, -0.2) is 0 Å². The normalized spacial score (nSPS) is 17.7. The molecule has 8 nitrogen and oxygen atoms in total. The highest BCUT2D eigenvalue weighted by atomic mass is 16.5. The molecule has 3 heterocycles. The second-order valence-corrected chi connectivity index (χ2v) is 9.88. The molecular weight excluding hydrogens is 442 g/mol. The minimum absolute atomic E-state index is 0.0350. The summed E-state index contributed by atoms with van der Waals surface area (Å²) < 4.78 is 5.86. The third-order valence-corrected chi connectivity index (χ3v) is 7.11. The fourth-order valence-corrected chi connectivity index (χ4v) is 4.95. The van der Waals surface area contributed by atoms with Gasteiger partial charge >= 0.3 is 0 Å². The Bertz CT molecular complexity index is 1230. The van der Waals surface area contributed by atoms with Crippen molar-refractivity contribution in [2.24, 2.45) is 5.92 Å². The van der Waals surface area contributed by atoms with Crippen LogP contribution in [0, 0.1) is 5.92 Å². The number of aromatic amines is 1. The number of hydrogen-bond acceptors (Lipinski definition) is 5. The molecule has 35 heavy (non-hydrogen) atoms. The van der Waals surface area contributed by atoms with E-state index in [4.69, 9.17) is 4.74 Å². The van der Waals surface area contributed by atoms with Gasteiger partial charge in [-0.05, 0) is 77.2 Å². The Morgan fingerprint density at radius 2 is 1.77 bits per heavy atom. The fourth-order valence-electron chi connectivity index (χ4n) is 4.95. The summed E-state index contributed by atoms with van der Waals surface area (Å²) in [7, 11) is 2.09. The Labute approximate surface area is 205 Å². The van der Waals surface area contributed by atoms with Crippen LogP contribution in [0.2, 0.25) is 0 Å². The fraction of sp³-hybridized carbons (Fsp3) is 0.370. The molecule has 0 bridgehead atoms. The van der Waals surface area contributed by atoms with Crippen molar-refractivity contribution in [3.63, 3.8) is 0 Å². The van der Waals surface area contributed by atoms with Crippen LogP contribution in [0.4, 0.5) is 5.82 Å². The average molecular weight is 474 g/mol. The molecule has 0 saturated carbocycles. The van der Waals surface area contributed by atoms with Gasteiger partial charge in [0, 0.05) is 17.0 Å². The molecule has 1 saturated heterocycles. The quantitative estimate of drug-likeness (QED) is 0.574. The molecule has 2 N–H and O–H groups in total. The Morgan fingerprint density at radius 3 is 2.51 bits per heavy atom. The standard InChI is InChI=1S/C27H31N5O3/c1-27(2)23-22(17-32(27)26(34)18-12-14-31(3)15-13-18)24(30-29-23)28-25(33)19-8-7-11-21(16-19)35-20-9-5-4-6-10-20/h4-11,16,18H,12-15,17H2,1-3H3,(H2,28,29,30,33). The molecule has 2 aliphatic rings. The highest BCUT2D eigenvalue weighted by Gasteiger charge is 2.45. The third-order valence-electron chi connectivity index (χ3n) is 7.11. The minimum Gasteiger partial charge on any atom is -0.457 e. The molecule has 8 heteroatoms. The zero-order valence-electron chi connectivity index (χ0n) is 20.4. The van der Waals surface area contributed by atoms with Crippen molar-refractivity contribution in [2.75, 3.05) is 25.5 Å². The molecule has 3 aromatic rings. The number of carbonyl (C=O) groups is 2. The van der Waals surface area contributed by atoms with E-state index in [1.54, 1.807) is 18.2 Å². The summed E-state index contributed by atoms with van der Waals surface area (Å²) in [6, 6.07) is 16.5. The summed E-state index contributed by atoms with van der Waals surface area (Å²) in [5.74, 6) is 1.67. The predicted molar refractivity (Wildman–Crippen MR) is 133 cm³/mol. The molecule has 2 amide bonds. The van der Waals surface area contributed by atoms with E-state index >= 15 is 0 Å². The number of nitrogens with one attached hydrogen (secondary N) is 2. The number of anilines is 1. The molecule has 1 fully saturated rings. The number of carbonyl (C=O) groups excluding carboxylic acids is 2. The van der Waals surface area contributed by atoms with E-state index in [9.17, 15) is 9.59 Å². The van der Waals surface area contributed by atoms with Crippen molar-refractivity contribution in [1.82, 2.24) is 20.0 Å². The lowest BCUT2D eigenvalue weighted by Gasteiger charge is -2.37. The van der Waals surface area contributed by atoms with Crippen molar-refractivity contribution < 1.29 is 14.3 Å². The summed E-state index contributed by atoms with van der Waals surface area (Å²) in [5.41, 5.74) is 1.68. The number of rotatable bonds is 5. The number of ether oxygens (including phenoxy) is 1. The number of piperidine rings is 1. The van der Waals surface area contributed by atoms with Crippen LogP contribution >= 0.6 is 0 Å². The highest BCUT2D eigenvalue weighted by molar-refractivity contribution is 6.04. The molecule has 0 radical (unpaired) electrons. The van der Waals surface area contributed by atoms with Crippen LogP contribution in [0.1, 0.15) is 48.3 Å².